The molecule has 1 atom stereocenters. The van der Waals surface area contributed by atoms with E-state index in [0.29, 0.717) is 24.2 Å². The molecule has 1 heterocycles. The summed E-state index contributed by atoms with van der Waals surface area (Å²) >= 11 is 0. The molecule has 7 heteroatoms. The van der Waals surface area contributed by atoms with Crippen LogP contribution in [-0.4, -0.2) is 28.7 Å². The van der Waals surface area contributed by atoms with Gasteiger partial charge in [-0.1, -0.05) is 42.4 Å². The molecular weight excluding hydrogens is 393 g/mol. The van der Waals surface area contributed by atoms with Crippen LogP contribution in [0.5, 0.6) is 0 Å². The first kappa shape index (κ1) is 18.4. The number of nitrogens with two attached hydrogens (primary N) is 1. The lowest BCUT2D eigenvalue weighted by molar-refractivity contribution is 0.361. The van der Waals surface area contributed by atoms with Crippen molar-refractivity contribution < 1.29 is 4.52 Å². The summed E-state index contributed by atoms with van der Waals surface area (Å²) in [5.41, 5.74) is 6.70. The first-order chi connectivity index (χ1) is 10.1. The topological polar surface area (TPSA) is 89.3 Å². The van der Waals surface area contributed by atoms with Crippen LogP contribution in [0.15, 0.2) is 39.8 Å². The normalized spacial score (nSPS) is 12.8. The van der Waals surface area contributed by atoms with Gasteiger partial charge in [-0.3, -0.25) is 4.99 Å². The molecule has 22 heavy (non-hydrogen) atoms. The Hall–Kier alpha value is -1.64. The summed E-state index contributed by atoms with van der Waals surface area (Å²) in [6.07, 6.45) is 0. The molecule has 2 aromatic rings. The quantitative estimate of drug-likeness (QED) is 0.446. The summed E-state index contributed by atoms with van der Waals surface area (Å²) in [5, 5.41) is 7.04. The molecule has 1 unspecified atom stereocenters. The van der Waals surface area contributed by atoms with Crippen LogP contribution < -0.4 is 11.1 Å². The molecule has 0 saturated heterocycles. The van der Waals surface area contributed by atoms with Crippen LogP contribution in [-0.2, 0) is 0 Å². The van der Waals surface area contributed by atoms with Crippen molar-refractivity contribution in [3.8, 4) is 11.4 Å². The summed E-state index contributed by atoms with van der Waals surface area (Å²) in [4.78, 5) is 8.69. The molecule has 0 bridgehead atoms. The van der Waals surface area contributed by atoms with Gasteiger partial charge >= 0.3 is 0 Å². The molecule has 120 valence electrons. The Morgan fingerprint density at radius 3 is 2.59 bits per heavy atom. The molecule has 0 amide bonds. The van der Waals surface area contributed by atoms with E-state index in [4.69, 9.17) is 10.3 Å². The number of hydrogen-bond acceptors (Lipinski definition) is 4. The van der Waals surface area contributed by atoms with E-state index in [1.807, 2.05) is 51.1 Å². The number of nitrogens with one attached hydrogen (secondary N) is 1. The number of aromatic nitrogens is 2. The minimum atomic E-state index is 0. The van der Waals surface area contributed by atoms with Gasteiger partial charge < -0.3 is 15.6 Å². The molecule has 0 saturated carbocycles. The van der Waals surface area contributed by atoms with Crippen molar-refractivity contribution in [3.63, 3.8) is 0 Å². The van der Waals surface area contributed by atoms with Gasteiger partial charge in [0.25, 0.3) is 0 Å². The second kappa shape index (κ2) is 8.72. The Bertz CT molecular complexity index is 597. The SMILES string of the molecule is CC(C)NC(N)=NCC(C)c1nc(-c2ccccc2)no1.I. The highest BCUT2D eigenvalue weighted by Crippen LogP contribution is 2.19. The molecule has 0 radical (unpaired) electrons. The van der Waals surface area contributed by atoms with Gasteiger partial charge in [0, 0.05) is 11.6 Å². The van der Waals surface area contributed by atoms with E-state index in [2.05, 4.69) is 20.4 Å². The van der Waals surface area contributed by atoms with Gasteiger partial charge in [-0.25, -0.2) is 0 Å². The van der Waals surface area contributed by atoms with Crippen molar-refractivity contribution in [3.05, 3.63) is 36.2 Å². The van der Waals surface area contributed by atoms with E-state index < -0.39 is 0 Å². The van der Waals surface area contributed by atoms with Gasteiger partial charge in [-0.05, 0) is 13.8 Å². The van der Waals surface area contributed by atoms with Crippen LogP contribution in [0.25, 0.3) is 11.4 Å². The number of aliphatic imine (C=N–C) groups is 1. The molecule has 0 aliphatic carbocycles. The van der Waals surface area contributed by atoms with Crippen molar-refractivity contribution >= 4 is 29.9 Å². The van der Waals surface area contributed by atoms with E-state index >= 15 is 0 Å². The lowest BCUT2D eigenvalue weighted by Gasteiger charge is -2.09. The molecule has 0 spiro atoms. The molecule has 3 N–H and O–H groups in total. The second-order valence-electron chi connectivity index (χ2n) is 5.25. The fraction of sp³-hybridized carbons (Fsp3) is 0.400. The Morgan fingerprint density at radius 1 is 1.27 bits per heavy atom. The standard InChI is InChI=1S/C15H21N5O.HI/c1-10(2)18-15(16)17-9-11(3)14-19-13(20-21-14)12-7-5-4-6-8-12;/h4-8,10-11H,9H2,1-3H3,(H3,16,17,18);1H. The Morgan fingerprint density at radius 2 is 1.95 bits per heavy atom. The van der Waals surface area contributed by atoms with Crippen molar-refractivity contribution in [2.24, 2.45) is 10.7 Å². The third kappa shape index (κ3) is 5.28. The summed E-state index contributed by atoms with van der Waals surface area (Å²) in [6, 6.07) is 9.99. The van der Waals surface area contributed by atoms with Crippen molar-refractivity contribution in [1.29, 1.82) is 0 Å². The smallest absolute Gasteiger partial charge is 0.231 e. The fourth-order valence-corrected chi connectivity index (χ4v) is 1.79. The van der Waals surface area contributed by atoms with E-state index in [0.717, 1.165) is 5.56 Å². The zero-order valence-electron chi connectivity index (χ0n) is 13.0. The zero-order chi connectivity index (χ0) is 15.2. The van der Waals surface area contributed by atoms with Crippen molar-refractivity contribution in [2.75, 3.05) is 6.54 Å². The number of hydrogen-bond donors (Lipinski definition) is 2. The highest BCUT2D eigenvalue weighted by Gasteiger charge is 2.15. The Labute approximate surface area is 147 Å². The number of halogens is 1. The minimum absolute atomic E-state index is 0. The molecule has 6 nitrogen and oxygen atoms in total. The van der Waals surface area contributed by atoms with Crippen molar-refractivity contribution in [2.45, 2.75) is 32.7 Å². The predicted molar refractivity (Wildman–Crippen MR) is 98.3 cm³/mol. The van der Waals surface area contributed by atoms with Crippen LogP contribution in [0.3, 0.4) is 0 Å². The second-order valence-corrected chi connectivity index (χ2v) is 5.25. The maximum Gasteiger partial charge on any atom is 0.231 e. The van der Waals surface area contributed by atoms with Crippen molar-refractivity contribution in [1.82, 2.24) is 15.5 Å². The summed E-state index contributed by atoms with van der Waals surface area (Å²) < 4.78 is 5.30. The minimum Gasteiger partial charge on any atom is -0.370 e. The van der Waals surface area contributed by atoms with Gasteiger partial charge in [0.05, 0.1) is 12.5 Å². The van der Waals surface area contributed by atoms with Crippen LogP contribution in [0.1, 0.15) is 32.6 Å². The van der Waals surface area contributed by atoms with E-state index in [1.165, 1.54) is 0 Å². The summed E-state index contributed by atoms with van der Waals surface area (Å²) in [7, 11) is 0. The maximum atomic E-state index is 5.77. The first-order valence-corrected chi connectivity index (χ1v) is 7.01. The molecule has 1 aromatic heterocycles. The Kier molecular flexibility index (Phi) is 7.30. The molecule has 2 rings (SSSR count). The largest absolute Gasteiger partial charge is 0.370 e. The van der Waals surface area contributed by atoms with Gasteiger partial charge in [0.1, 0.15) is 0 Å². The molecule has 0 aliphatic heterocycles. The molecule has 1 aromatic carbocycles. The monoisotopic (exact) mass is 415 g/mol. The van der Waals surface area contributed by atoms with E-state index in [1.54, 1.807) is 0 Å². The van der Waals surface area contributed by atoms with Crippen LogP contribution in [0, 0.1) is 0 Å². The fourth-order valence-electron chi connectivity index (χ4n) is 1.79. The highest BCUT2D eigenvalue weighted by atomic mass is 127. The zero-order valence-corrected chi connectivity index (χ0v) is 15.3. The highest BCUT2D eigenvalue weighted by molar-refractivity contribution is 14.0. The average Bonchev–Trinajstić information content (AvgIpc) is 2.95. The van der Waals surface area contributed by atoms with Gasteiger partial charge in [0.15, 0.2) is 5.96 Å². The third-order valence-electron chi connectivity index (χ3n) is 2.87. The number of nitrogens with zero attached hydrogens (tertiary/aromatic N) is 3. The maximum absolute atomic E-state index is 5.77. The average molecular weight is 415 g/mol. The lowest BCUT2D eigenvalue weighted by atomic mass is 10.2. The first-order valence-electron chi connectivity index (χ1n) is 7.01. The van der Waals surface area contributed by atoms with Gasteiger partial charge in [0.2, 0.25) is 11.7 Å². The van der Waals surface area contributed by atoms with Crippen LogP contribution in [0.2, 0.25) is 0 Å². The van der Waals surface area contributed by atoms with Crippen LogP contribution >= 0.6 is 24.0 Å². The number of rotatable bonds is 5. The van der Waals surface area contributed by atoms with E-state index in [9.17, 15) is 0 Å². The molecule has 0 aliphatic rings. The third-order valence-corrected chi connectivity index (χ3v) is 2.87. The summed E-state index contributed by atoms with van der Waals surface area (Å²) in [5.74, 6) is 1.60. The number of benzene rings is 1. The van der Waals surface area contributed by atoms with Crippen LogP contribution in [0.4, 0.5) is 0 Å². The van der Waals surface area contributed by atoms with E-state index in [-0.39, 0.29) is 35.9 Å². The lowest BCUT2D eigenvalue weighted by Crippen LogP contribution is -2.37. The molecule has 0 fully saturated rings. The van der Waals surface area contributed by atoms with Gasteiger partial charge in [-0.15, -0.1) is 24.0 Å². The number of guanidine groups is 1. The predicted octanol–water partition coefficient (Wildman–Crippen LogP) is 2.77. The Balaban J connectivity index is 0.00000242. The summed E-state index contributed by atoms with van der Waals surface area (Å²) in [6.45, 7) is 6.50. The molecular formula is C15H22IN5O. The van der Waals surface area contributed by atoms with Gasteiger partial charge in [-0.2, -0.15) is 4.98 Å².